The highest BCUT2D eigenvalue weighted by atomic mass is 16.2. The Kier molecular flexibility index (Phi) is 4.39. The number of rotatable bonds is 3. The van der Waals surface area contributed by atoms with Gasteiger partial charge in [0.1, 0.15) is 0 Å². The Morgan fingerprint density at radius 2 is 1.81 bits per heavy atom. The fourth-order valence-corrected chi connectivity index (χ4v) is 3.42. The molecule has 2 amide bonds. The van der Waals surface area contributed by atoms with Gasteiger partial charge >= 0.3 is 0 Å². The first kappa shape index (κ1) is 16.3. The molecule has 0 aliphatic carbocycles. The van der Waals surface area contributed by atoms with Crippen LogP contribution in [0, 0.1) is 0 Å². The van der Waals surface area contributed by atoms with E-state index in [1.165, 1.54) is 0 Å². The summed E-state index contributed by atoms with van der Waals surface area (Å²) in [4.78, 5) is 34.0. The zero-order chi connectivity index (χ0) is 17.9. The van der Waals surface area contributed by atoms with Crippen molar-refractivity contribution >= 4 is 22.7 Å². The number of hydrogen-bond acceptors (Lipinski definition) is 3. The minimum atomic E-state index is -0.0891. The molecule has 1 aliphatic rings. The van der Waals surface area contributed by atoms with Crippen LogP contribution in [0.15, 0.2) is 55.0 Å². The van der Waals surface area contributed by atoms with Crippen molar-refractivity contribution in [3.05, 3.63) is 66.1 Å². The van der Waals surface area contributed by atoms with Gasteiger partial charge in [-0.3, -0.25) is 14.6 Å². The van der Waals surface area contributed by atoms with E-state index in [2.05, 4.69) is 15.3 Å². The van der Waals surface area contributed by atoms with Gasteiger partial charge in [-0.05, 0) is 31.0 Å². The fraction of sp³-hybridized carbons (Fsp3) is 0.250. The van der Waals surface area contributed by atoms with Crippen LogP contribution >= 0.6 is 0 Å². The van der Waals surface area contributed by atoms with Gasteiger partial charge in [-0.2, -0.15) is 0 Å². The van der Waals surface area contributed by atoms with Crippen molar-refractivity contribution in [3.8, 4) is 0 Å². The van der Waals surface area contributed by atoms with Gasteiger partial charge in [0.25, 0.3) is 11.8 Å². The molecular weight excluding hydrogens is 328 g/mol. The molecule has 3 heterocycles. The van der Waals surface area contributed by atoms with Gasteiger partial charge in [0.15, 0.2) is 0 Å². The Morgan fingerprint density at radius 3 is 2.58 bits per heavy atom. The summed E-state index contributed by atoms with van der Waals surface area (Å²) < 4.78 is 0. The Bertz CT molecular complexity index is 927. The first-order valence-corrected chi connectivity index (χ1v) is 8.78. The highest BCUT2D eigenvalue weighted by Gasteiger charge is 2.26. The Balaban J connectivity index is 1.37. The van der Waals surface area contributed by atoms with E-state index in [-0.39, 0.29) is 17.9 Å². The predicted molar refractivity (Wildman–Crippen MR) is 98.9 cm³/mol. The topological polar surface area (TPSA) is 78.1 Å². The predicted octanol–water partition coefficient (Wildman–Crippen LogP) is 2.60. The number of carbonyl (C=O) groups is 2. The van der Waals surface area contributed by atoms with Crippen molar-refractivity contribution < 1.29 is 9.59 Å². The average Bonchev–Trinajstić information content (AvgIpc) is 3.13. The molecule has 1 fully saturated rings. The molecule has 0 radical (unpaired) electrons. The second kappa shape index (κ2) is 7.00. The van der Waals surface area contributed by atoms with Crippen LogP contribution in [0.4, 0.5) is 0 Å². The van der Waals surface area contributed by atoms with Crippen molar-refractivity contribution in [2.75, 3.05) is 13.1 Å². The molecule has 1 saturated heterocycles. The largest absolute Gasteiger partial charge is 0.360 e. The summed E-state index contributed by atoms with van der Waals surface area (Å²) in [5, 5.41) is 4.00. The van der Waals surface area contributed by atoms with E-state index < -0.39 is 0 Å². The summed E-state index contributed by atoms with van der Waals surface area (Å²) >= 11 is 0. The number of para-hydroxylation sites is 1. The molecule has 0 spiro atoms. The second-order valence-corrected chi connectivity index (χ2v) is 6.52. The number of piperidine rings is 1. The lowest BCUT2D eigenvalue weighted by atomic mass is 10.0. The smallest absolute Gasteiger partial charge is 0.256 e. The van der Waals surface area contributed by atoms with Gasteiger partial charge < -0.3 is 15.2 Å². The molecule has 2 N–H and O–H groups in total. The van der Waals surface area contributed by atoms with E-state index >= 15 is 0 Å². The van der Waals surface area contributed by atoms with Gasteiger partial charge in [-0.25, -0.2) is 0 Å². The number of amides is 2. The maximum Gasteiger partial charge on any atom is 0.256 e. The molecular formula is C20H20N4O2. The number of nitrogens with one attached hydrogen (secondary N) is 2. The molecule has 0 saturated carbocycles. The van der Waals surface area contributed by atoms with Gasteiger partial charge in [0, 0.05) is 54.2 Å². The van der Waals surface area contributed by atoms with Crippen molar-refractivity contribution in [2.24, 2.45) is 0 Å². The lowest BCUT2D eigenvalue weighted by Crippen LogP contribution is -2.46. The molecule has 1 aromatic carbocycles. The number of aromatic amines is 1. The monoisotopic (exact) mass is 348 g/mol. The first-order chi connectivity index (χ1) is 12.7. The molecule has 1 aliphatic heterocycles. The van der Waals surface area contributed by atoms with Crippen LogP contribution in [0.25, 0.3) is 10.9 Å². The van der Waals surface area contributed by atoms with Gasteiger partial charge in [0.2, 0.25) is 0 Å². The molecule has 2 aromatic heterocycles. The normalized spacial score (nSPS) is 15.2. The van der Waals surface area contributed by atoms with E-state index in [1.54, 1.807) is 30.7 Å². The number of benzene rings is 1. The molecule has 132 valence electrons. The van der Waals surface area contributed by atoms with E-state index in [0.29, 0.717) is 24.2 Å². The summed E-state index contributed by atoms with van der Waals surface area (Å²) in [6.07, 6.45) is 6.51. The number of aromatic nitrogens is 2. The number of likely N-dealkylation sites (tertiary alicyclic amines) is 1. The maximum atomic E-state index is 12.8. The molecule has 0 bridgehead atoms. The molecule has 6 heteroatoms. The molecule has 26 heavy (non-hydrogen) atoms. The van der Waals surface area contributed by atoms with Crippen molar-refractivity contribution in [2.45, 2.75) is 18.9 Å². The van der Waals surface area contributed by atoms with Crippen LogP contribution in [0.1, 0.15) is 33.6 Å². The Morgan fingerprint density at radius 1 is 1.08 bits per heavy atom. The van der Waals surface area contributed by atoms with Gasteiger partial charge in [0.05, 0.1) is 5.56 Å². The second-order valence-electron chi connectivity index (χ2n) is 6.52. The van der Waals surface area contributed by atoms with Crippen molar-refractivity contribution in [1.82, 2.24) is 20.2 Å². The van der Waals surface area contributed by atoms with Gasteiger partial charge in [-0.15, -0.1) is 0 Å². The molecule has 0 unspecified atom stereocenters. The summed E-state index contributed by atoms with van der Waals surface area (Å²) in [6, 6.07) is 11.3. The van der Waals surface area contributed by atoms with Crippen molar-refractivity contribution in [1.29, 1.82) is 0 Å². The maximum absolute atomic E-state index is 12.8. The third-order valence-corrected chi connectivity index (χ3v) is 4.88. The average molecular weight is 348 g/mol. The Hall–Kier alpha value is -3.15. The fourth-order valence-electron chi connectivity index (χ4n) is 3.42. The van der Waals surface area contributed by atoms with Crippen LogP contribution in [0.2, 0.25) is 0 Å². The number of nitrogens with zero attached hydrogens (tertiary/aromatic N) is 2. The first-order valence-electron chi connectivity index (χ1n) is 8.78. The highest BCUT2D eigenvalue weighted by Crippen LogP contribution is 2.21. The number of pyridine rings is 1. The van der Waals surface area contributed by atoms with Crippen LogP contribution in [-0.2, 0) is 0 Å². The van der Waals surface area contributed by atoms with Crippen LogP contribution < -0.4 is 5.32 Å². The molecule has 3 aromatic rings. The lowest BCUT2D eigenvalue weighted by molar-refractivity contribution is 0.0700. The number of carbonyl (C=O) groups excluding carboxylic acids is 2. The van der Waals surface area contributed by atoms with Crippen LogP contribution in [0.5, 0.6) is 0 Å². The van der Waals surface area contributed by atoms with E-state index in [4.69, 9.17) is 0 Å². The number of H-pyrrole nitrogens is 1. The zero-order valence-electron chi connectivity index (χ0n) is 14.3. The standard InChI is InChI=1S/C20H20N4O2/c25-19(14-5-9-21-10-6-14)23-15-7-11-24(12-8-15)20(26)17-13-22-18-4-2-1-3-16(17)18/h1-6,9-10,13,15,22H,7-8,11-12H2,(H,23,25). The van der Waals surface area contributed by atoms with Gasteiger partial charge in [-0.1, -0.05) is 18.2 Å². The third kappa shape index (κ3) is 3.18. The van der Waals surface area contributed by atoms with E-state index in [0.717, 1.165) is 23.7 Å². The summed E-state index contributed by atoms with van der Waals surface area (Å²) in [6.45, 7) is 1.28. The highest BCUT2D eigenvalue weighted by molar-refractivity contribution is 6.06. The SMILES string of the molecule is O=C(NC1CCN(C(=O)c2c[nH]c3ccccc23)CC1)c1ccncc1. The quantitative estimate of drug-likeness (QED) is 0.764. The molecule has 4 rings (SSSR count). The Labute approximate surface area is 151 Å². The van der Waals surface area contributed by atoms with Crippen LogP contribution in [0.3, 0.4) is 0 Å². The van der Waals surface area contributed by atoms with Crippen LogP contribution in [-0.4, -0.2) is 45.8 Å². The molecule has 6 nitrogen and oxygen atoms in total. The van der Waals surface area contributed by atoms with Crippen molar-refractivity contribution in [3.63, 3.8) is 0 Å². The minimum absolute atomic E-state index is 0.0429. The van der Waals surface area contributed by atoms with E-state index in [1.807, 2.05) is 29.2 Å². The van der Waals surface area contributed by atoms with E-state index in [9.17, 15) is 9.59 Å². The third-order valence-electron chi connectivity index (χ3n) is 4.88. The minimum Gasteiger partial charge on any atom is -0.360 e. The lowest BCUT2D eigenvalue weighted by Gasteiger charge is -2.32. The summed E-state index contributed by atoms with van der Waals surface area (Å²) in [5.74, 6) is -0.0461. The zero-order valence-corrected chi connectivity index (χ0v) is 14.3. The summed E-state index contributed by atoms with van der Waals surface area (Å²) in [5.41, 5.74) is 2.28. The molecule has 0 atom stereocenters. The number of fused-ring (bicyclic) bond motifs is 1. The number of hydrogen-bond donors (Lipinski definition) is 2. The summed E-state index contributed by atoms with van der Waals surface area (Å²) in [7, 11) is 0.